The first-order valence-electron chi connectivity index (χ1n) is 24.9. The Labute approximate surface area is 425 Å². The third-order valence-electron chi connectivity index (χ3n) is 14.7. The quantitative estimate of drug-likeness (QED) is 0.159. The minimum absolute atomic E-state index is 0.464. The number of hydrogen-bond donors (Lipinski definition) is 0. The summed E-state index contributed by atoms with van der Waals surface area (Å²) in [6.07, 6.45) is 1.86. The summed E-state index contributed by atoms with van der Waals surface area (Å²) >= 11 is 0. The molecule has 15 rings (SSSR count). The predicted molar refractivity (Wildman–Crippen MR) is 304 cm³/mol. The first kappa shape index (κ1) is 41.7. The highest BCUT2D eigenvalue weighted by molar-refractivity contribution is 6.24. The molecule has 0 radical (unpaired) electrons. The number of nitrogens with zero attached hydrogens (tertiary/aromatic N) is 5. The van der Waals surface area contributed by atoms with Crippen LogP contribution in [-0.2, 0) is 0 Å². The van der Waals surface area contributed by atoms with E-state index in [0.717, 1.165) is 66.2 Å². The molecular formula is C68H41N5O. The Kier molecular flexibility index (Phi) is 9.47. The molecule has 0 bridgehead atoms. The molecule has 4 aromatic heterocycles. The van der Waals surface area contributed by atoms with Gasteiger partial charge in [0.1, 0.15) is 16.9 Å². The topological polar surface area (TPSA) is 69.6 Å². The van der Waals surface area contributed by atoms with Gasteiger partial charge < -0.3 is 8.98 Å². The van der Waals surface area contributed by atoms with Gasteiger partial charge in [0.05, 0.1) is 11.0 Å². The van der Waals surface area contributed by atoms with Crippen LogP contribution in [0.2, 0.25) is 0 Å². The summed E-state index contributed by atoms with van der Waals surface area (Å²) in [6.45, 7) is 0. The van der Waals surface area contributed by atoms with Crippen molar-refractivity contribution in [3.8, 4) is 73.4 Å². The van der Waals surface area contributed by atoms with Crippen LogP contribution in [0.5, 0.6) is 0 Å². The molecule has 0 saturated carbocycles. The summed E-state index contributed by atoms with van der Waals surface area (Å²) in [7, 11) is 0. The van der Waals surface area contributed by atoms with Crippen molar-refractivity contribution in [3.63, 3.8) is 0 Å². The molecule has 0 unspecified atom stereocenters. The van der Waals surface area contributed by atoms with Crippen molar-refractivity contribution < 1.29 is 4.42 Å². The van der Waals surface area contributed by atoms with Crippen molar-refractivity contribution >= 4 is 76.1 Å². The van der Waals surface area contributed by atoms with Gasteiger partial charge in [-0.15, -0.1) is 0 Å². The fraction of sp³-hybridized carbons (Fsp3) is 0. The van der Waals surface area contributed by atoms with Gasteiger partial charge in [0.2, 0.25) is 0 Å². The third-order valence-corrected chi connectivity index (χ3v) is 14.7. The van der Waals surface area contributed by atoms with Gasteiger partial charge in [-0.3, -0.25) is 4.98 Å². The third kappa shape index (κ3) is 6.95. The second-order valence-corrected chi connectivity index (χ2v) is 19.0. The highest BCUT2D eigenvalue weighted by Crippen LogP contribution is 2.43. The molecule has 0 aliphatic rings. The van der Waals surface area contributed by atoms with Crippen LogP contribution in [0, 0.1) is 0 Å². The molecule has 15 aromatic rings. The average molecular weight is 944 g/mol. The zero-order valence-corrected chi connectivity index (χ0v) is 39.8. The molecule has 4 heterocycles. The molecule has 0 N–H and O–H groups in total. The highest BCUT2D eigenvalue weighted by atomic mass is 16.3. The lowest BCUT2D eigenvalue weighted by molar-refractivity contribution is 0.668. The highest BCUT2D eigenvalue weighted by Gasteiger charge is 2.20. The molecule has 0 spiro atoms. The van der Waals surface area contributed by atoms with E-state index in [4.69, 9.17) is 24.4 Å². The number of para-hydroxylation sites is 2. The Bertz CT molecular complexity index is 4730. The Morgan fingerprint density at radius 1 is 0.311 bits per heavy atom. The van der Waals surface area contributed by atoms with E-state index in [2.05, 4.69) is 217 Å². The molecule has 11 aromatic carbocycles. The first-order chi connectivity index (χ1) is 36.6. The van der Waals surface area contributed by atoms with Gasteiger partial charge in [-0.05, 0) is 114 Å². The molecule has 6 heteroatoms. The van der Waals surface area contributed by atoms with Gasteiger partial charge in [-0.2, -0.15) is 0 Å². The SMILES string of the molecule is c1ccc(-c2ccc3cc(-c4nc(-c5ccc(-c6cccc(-n7c8ccccc8c8c9ccccc9c(-c9ccc%10ccccc%10c9)cc87)c6)cc5)nc(-c5cc6oc7ccccc7c6cn5)n4)ccc3c2)cc1. The summed E-state index contributed by atoms with van der Waals surface area (Å²) in [5.41, 5.74) is 14.2. The molecule has 0 aliphatic heterocycles. The van der Waals surface area contributed by atoms with E-state index in [1.54, 1.807) is 0 Å². The van der Waals surface area contributed by atoms with Crippen molar-refractivity contribution in [2.75, 3.05) is 0 Å². The van der Waals surface area contributed by atoms with Crippen LogP contribution in [0.1, 0.15) is 0 Å². The van der Waals surface area contributed by atoms with Crippen molar-refractivity contribution in [1.29, 1.82) is 0 Å². The first-order valence-corrected chi connectivity index (χ1v) is 24.9. The van der Waals surface area contributed by atoms with Crippen LogP contribution in [0.3, 0.4) is 0 Å². The number of hydrogen-bond acceptors (Lipinski definition) is 5. The lowest BCUT2D eigenvalue weighted by Gasteiger charge is -2.14. The maximum atomic E-state index is 6.30. The molecule has 74 heavy (non-hydrogen) atoms. The standard InChI is InChI=1S/C68H41N5O/c1-2-13-42(14-3-1)48-30-31-50-37-52(34-32-49(50)35-48)67-70-66(71-68(72-67)60-40-64-59(41-69-60)55-20-9-11-24-63(55)74-64)45-28-25-44(26-29-45)47-17-12-18-53(38-47)73-61-23-10-8-22-57(61)65-56-21-7-6-19-54(56)58(39-62(65)73)51-33-27-43-15-4-5-16-46(43)36-51/h1-41H. The molecule has 0 amide bonds. The van der Waals surface area contributed by atoms with Crippen LogP contribution < -0.4 is 0 Å². The summed E-state index contributed by atoms with van der Waals surface area (Å²) in [5.74, 6) is 1.58. The Morgan fingerprint density at radius 2 is 0.878 bits per heavy atom. The maximum Gasteiger partial charge on any atom is 0.182 e. The number of furan rings is 1. The Balaban J connectivity index is 0.833. The largest absolute Gasteiger partial charge is 0.456 e. The van der Waals surface area contributed by atoms with Crippen LogP contribution in [0.4, 0.5) is 0 Å². The minimum atomic E-state index is 0.464. The monoisotopic (exact) mass is 943 g/mol. The molecule has 0 fully saturated rings. The molecule has 344 valence electrons. The maximum absolute atomic E-state index is 6.30. The van der Waals surface area contributed by atoms with E-state index in [0.29, 0.717) is 23.2 Å². The van der Waals surface area contributed by atoms with Gasteiger partial charge in [0.25, 0.3) is 0 Å². The average Bonchev–Trinajstić information content (AvgIpc) is 4.05. The summed E-state index contributed by atoms with van der Waals surface area (Å²) in [5, 5.41) is 11.6. The van der Waals surface area contributed by atoms with Crippen LogP contribution in [-0.4, -0.2) is 24.5 Å². The number of benzene rings is 11. The van der Waals surface area contributed by atoms with Crippen molar-refractivity contribution in [3.05, 3.63) is 249 Å². The molecule has 6 nitrogen and oxygen atoms in total. The van der Waals surface area contributed by atoms with Crippen LogP contribution in [0.15, 0.2) is 253 Å². The normalized spacial score (nSPS) is 11.8. The second kappa shape index (κ2) is 16.8. The number of pyridine rings is 1. The van der Waals surface area contributed by atoms with Gasteiger partial charge in [-0.1, -0.05) is 188 Å². The van der Waals surface area contributed by atoms with Gasteiger partial charge in [-0.25, -0.2) is 15.0 Å². The Morgan fingerprint density at radius 3 is 1.73 bits per heavy atom. The smallest absolute Gasteiger partial charge is 0.182 e. The number of rotatable bonds is 7. The van der Waals surface area contributed by atoms with Crippen molar-refractivity contribution in [2.45, 2.75) is 0 Å². The lowest BCUT2D eigenvalue weighted by atomic mass is 9.93. The van der Waals surface area contributed by atoms with Crippen molar-refractivity contribution in [1.82, 2.24) is 24.5 Å². The summed E-state index contributed by atoms with van der Waals surface area (Å²) in [6, 6.07) is 86.2. The molecule has 0 atom stereocenters. The lowest BCUT2D eigenvalue weighted by Crippen LogP contribution is -2.01. The van der Waals surface area contributed by atoms with Gasteiger partial charge >= 0.3 is 0 Å². The molecule has 0 aliphatic carbocycles. The fourth-order valence-electron chi connectivity index (χ4n) is 11.0. The molecular weight excluding hydrogens is 903 g/mol. The number of aromatic nitrogens is 5. The van der Waals surface area contributed by atoms with Gasteiger partial charge in [0, 0.05) is 50.6 Å². The molecule has 0 saturated heterocycles. The minimum Gasteiger partial charge on any atom is -0.456 e. The second-order valence-electron chi connectivity index (χ2n) is 19.0. The van der Waals surface area contributed by atoms with Crippen LogP contribution in [0.25, 0.3) is 149 Å². The zero-order chi connectivity index (χ0) is 48.7. The fourth-order valence-corrected chi connectivity index (χ4v) is 11.0. The predicted octanol–water partition coefficient (Wildman–Crippen LogP) is 17.7. The van der Waals surface area contributed by atoms with Crippen LogP contribution >= 0.6 is 0 Å². The zero-order valence-electron chi connectivity index (χ0n) is 39.8. The number of fused-ring (bicyclic) bond motifs is 10. The van der Waals surface area contributed by atoms with E-state index < -0.39 is 0 Å². The Hall–Kier alpha value is -10.0. The van der Waals surface area contributed by atoms with Gasteiger partial charge in [0.15, 0.2) is 17.5 Å². The van der Waals surface area contributed by atoms with E-state index in [1.165, 1.54) is 60.1 Å². The summed E-state index contributed by atoms with van der Waals surface area (Å²) in [4.78, 5) is 20.3. The van der Waals surface area contributed by atoms with E-state index in [-0.39, 0.29) is 0 Å². The summed E-state index contributed by atoms with van der Waals surface area (Å²) < 4.78 is 8.73. The van der Waals surface area contributed by atoms with E-state index >= 15 is 0 Å². The van der Waals surface area contributed by atoms with E-state index in [9.17, 15) is 0 Å². The van der Waals surface area contributed by atoms with Crippen molar-refractivity contribution in [2.24, 2.45) is 0 Å². The van der Waals surface area contributed by atoms with E-state index in [1.807, 2.05) is 36.5 Å².